The van der Waals surface area contributed by atoms with Crippen molar-refractivity contribution in [1.29, 1.82) is 0 Å². The van der Waals surface area contributed by atoms with Gasteiger partial charge in [0.15, 0.2) is 0 Å². The minimum atomic E-state index is -0.716. The molecule has 1 aromatic rings. The number of methoxy groups -OCH3 is 1. The normalized spacial score (nSPS) is 19.8. The van der Waals surface area contributed by atoms with Gasteiger partial charge in [-0.15, -0.1) is 0 Å². The molecule has 21 heavy (non-hydrogen) atoms. The molecule has 116 valence electrons. The number of nitrogens with one attached hydrogen (secondary N) is 1. The van der Waals surface area contributed by atoms with E-state index < -0.39 is 11.6 Å². The molecule has 0 atom stereocenters. The molecule has 1 aliphatic rings. The maximum absolute atomic E-state index is 11.4. The Bertz CT molecular complexity index is 507. The zero-order valence-corrected chi connectivity index (χ0v) is 12.8. The predicted molar refractivity (Wildman–Crippen MR) is 79.1 cm³/mol. The fourth-order valence-electron chi connectivity index (χ4n) is 2.47. The van der Waals surface area contributed by atoms with Crippen molar-refractivity contribution in [2.45, 2.75) is 45.1 Å². The number of hydrogen-bond acceptors (Lipinski definition) is 6. The van der Waals surface area contributed by atoms with E-state index in [0.29, 0.717) is 17.8 Å². The van der Waals surface area contributed by atoms with Crippen LogP contribution < -0.4 is 5.32 Å². The SMILES string of the molecule is COC(=O)c1nccc(NCC2(O)CCC(C)(C)CC2)n1. The summed E-state index contributed by atoms with van der Waals surface area (Å²) in [6.07, 6.45) is 5.03. The minimum Gasteiger partial charge on any atom is -0.463 e. The zero-order valence-electron chi connectivity index (χ0n) is 12.8. The van der Waals surface area contributed by atoms with Crippen molar-refractivity contribution in [3.8, 4) is 0 Å². The highest BCUT2D eigenvalue weighted by atomic mass is 16.5. The van der Waals surface area contributed by atoms with Crippen LogP contribution in [0.1, 0.15) is 50.1 Å². The highest BCUT2D eigenvalue weighted by Crippen LogP contribution is 2.40. The molecule has 6 nitrogen and oxygen atoms in total. The van der Waals surface area contributed by atoms with Gasteiger partial charge in [-0.25, -0.2) is 14.8 Å². The van der Waals surface area contributed by atoms with E-state index in [-0.39, 0.29) is 5.82 Å². The number of ether oxygens (including phenoxy) is 1. The van der Waals surface area contributed by atoms with Crippen LogP contribution in [0.5, 0.6) is 0 Å². The summed E-state index contributed by atoms with van der Waals surface area (Å²) in [6.45, 7) is 4.88. The van der Waals surface area contributed by atoms with Crippen molar-refractivity contribution in [1.82, 2.24) is 9.97 Å². The fraction of sp³-hybridized carbons (Fsp3) is 0.667. The van der Waals surface area contributed by atoms with E-state index in [4.69, 9.17) is 0 Å². The Kier molecular flexibility index (Phi) is 4.46. The van der Waals surface area contributed by atoms with E-state index in [2.05, 4.69) is 33.9 Å². The summed E-state index contributed by atoms with van der Waals surface area (Å²) in [4.78, 5) is 19.3. The lowest BCUT2D eigenvalue weighted by Gasteiger charge is -2.40. The van der Waals surface area contributed by atoms with Gasteiger partial charge in [-0.1, -0.05) is 13.8 Å². The van der Waals surface area contributed by atoms with E-state index in [0.717, 1.165) is 25.7 Å². The number of anilines is 1. The quantitative estimate of drug-likeness (QED) is 0.826. The molecule has 1 aromatic heterocycles. The number of rotatable bonds is 4. The number of carbonyl (C=O) groups is 1. The van der Waals surface area contributed by atoms with Crippen LogP contribution in [0, 0.1) is 5.41 Å². The van der Waals surface area contributed by atoms with Crippen LogP contribution in [0.4, 0.5) is 5.82 Å². The number of hydrogen-bond donors (Lipinski definition) is 2. The van der Waals surface area contributed by atoms with Crippen molar-refractivity contribution in [2.75, 3.05) is 19.0 Å². The topological polar surface area (TPSA) is 84.3 Å². The molecule has 0 spiro atoms. The largest absolute Gasteiger partial charge is 0.463 e. The van der Waals surface area contributed by atoms with Gasteiger partial charge < -0.3 is 15.2 Å². The highest BCUT2D eigenvalue weighted by molar-refractivity contribution is 5.85. The van der Waals surface area contributed by atoms with Crippen molar-refractivity contribution in [3.63, 3.8) is 0 Å². The van der Waals surface area contributed by atoms with Crippen LogP contribution in [0.25, 0.3) is 0 Å². The fourth-order valence-corrected chi connectivity index (χ4v) is 2.47. The van der Waals surface area contributed by atoms with E-state index in [1.54, 1.807) is 6.07 Å². The number of carbonyl (C=O) groups excluding carboxylic acids is 1. The number of nitrogens with zero attached hydrogens (tertiary/aromatic N) is 2. The zero-order chi connectivity index (χ0) is 15.5. The molecular weight excluding hydrogens is 270 g/mol. The van der Waals surface area contributed by atoms with Gasteiger partial charge >= 0.3 is 5.97 Å². The maximum atomic E-state index is 11.4. The molecule has 0 aliphatic heterocycles. The minimum absolute atomic E-state index is 0.0132. The maximum Gasteiger partial charge on any atom is 0.376 e. The molecule has 0 amide bonds. The Labute approximate surface area is 124 Å². The molecule has 1 saturated carbocycles. The van der Waals surface area contributed by atoms with Crippen LogP contribution in [0.2, 0.25) is 0 Å². The summed E-state index contributed by atoms with van der Waals surface area (Å²) in [7, 11) is 1.29. The van der Waals surface area contributed by atoms with E-state index in [9.17, 15) is 9.90 Å². The molecule has 1 fully saturated rings. The molecule has 0 aromatic carbocycles. The number of aromatic nitrogens is 2. The Hall–Kier alpha value is -1.69. The van der Waals surface area contributed by atoms with Gasteiger partial charge in [0.25, 0.3) is 0 Å². The van der Waals surface area contributed by atoms with Gasteiger partial charge in [0, 0.05) is 12.7 Å². The first-order chi connectivity index (χ1) is 9.84. The Balaban J connectivity index is 1.95. The van der Waals surface area contributed by atoms with Crippen molar-refractivity contribution < 1.29 is 14.6 Å². The summed E-state index contributed by atoms with van der Waals surface area (Å²) in [6, 6.07) is 1.67. The van der Waals surface area contributed by atoms with Gasteiger partial charge in [-0.2, -0.15) is 0 Å². The molecule has 1 aliphatic carbocycles. The Morgan fingerprint density at radius 2 is 2.05 bits per heavy atom. The molecule has 0 radical (unpaired) electrons. The van der Waals surface area contributed by atoms with Crippen LogP contribution in [0.3, 0.4) is 0 Å². The monoisotopic (exact) mass is 293 g/mol. The van der Waals surface area contributed by atoms with Gasteiger partial charge in [-0.05, 0) is 37.2 Å². The first-order valence-electron chi connectivity index (χ1n) is 7.21. The molecule has 0 unspecified atom stereocenters. The first-order valence-corrected chi connectivity index (χ1v) is 7.21. The third-order valence-electron chi connectivity index (χ3n) is 4.16. The third kappa shape index (κ3) is 4.14. The predicted octanol–water partition coefficient (Wildman–Crippen LogP) is 2.01. The van der Waals surface area contributed by atoms with Gasteiger partial charge in [0.2, 0.25) is 5.82 Å². The number of aliphatic hydroxyl groups is 1. The lowest BCUT2D eigenvalue weighted by molar-refractivity contribution is -0.0145. The number of esters is 1. The van der Waals surface area contributed by atoms with Gasteiger partial charge in [-0.3, -0.25) is 0 Å². The van der Waals surface area contributed by atoms with Crippen molar-refractivity contribution in [3.05, 3.63) is 18.1 Å². The highest BCUT2D eigenvalue weighted by Gasteiger charge is 2.36. The average Bonchev–Trinajstić information content (AvgIpc) is 2.48. The third-order valence-corrected chi connectivity index (χ3v) is 4.16. The van der Waals surface area contributed by atoms with Crippen LogP contribution in [-0.2, 0) is 4.74 Å². The second-order valence-electron chi connectivity index (χ2n) is 6.50. The van der Waals surface area contributed by atoms with E-state index >= 15 is 0 Å². The molecular formula is C15H23N3O3. The van der Waals surface area contributed by atoms with Crippen molar-refractivity contribution >= 4 is 11.8 Å². The second-order valence-corrected chi connectivity index (χ2v) is 6.50. The van der Waals surface area contributed by atoms with Crippen LogP contribution in [-0.4, -0.2) is 40.3 Å². The summed E-state index contributed by atoms with van der Waals surface area (Å²) < 4.78 is 4.59. The molecule has 0 bridgehead atoms. The van der Waals surface area contributed by atoms with Crippen LogP contribution >= 0.6 is 0 Å². The molecule has 0 saturated heterocycles. The Morgan fingerprint density at radius 1 is 1.38 bits per heavy atom. The summed E-state index contributed by atoms with van der Waals surface area (Å²) in [5.74, 6) is -0.0419. The van der Waals surface area contributed by atoms with Crippen molar-refractivity contribution in [2.24, 2.45) is 5.41 Å². The molecule has 2 rings (SSSR count). The smallest absolute Gasteiger partial charge is 0.376 e. The van der Waals surface area contributed by atoms with Crippen LogP contribution in [0.15, 0.2) is 12.3 Å². The molecule has 2 N–H and O–H groups in total. The molecule has 1 heterocycles. The summed E-state index contributed by atoms with van der Waals surface area (Å²) in [5, 5.41) is 13.7. The first kappa shape index (κ1) is 15.7. The summed E-state index contributed by atoms with van der Waals surface area (Å²) in [5.41, 5.74) is -0.412. The van der Waals surface area contributed by atoms with E-state index in [1.807, 2.05) is 0 Å². The molecule has 6 heteroatoms. The standard InChI is InChI=1S/C15H23N3O3/c1-14(2)5-7-15(20,8-6-14)10-17-11-4-9-16-12(18-11)13(19)21-3/h4,9,20H,5-8,10H2,1-3H3,(H,16,17,18). The second kappa shape index (κ2) is 5.97. The Morgan fingerprint density at radius 3 is 2.67 bits per heavy atom. The van der Waals surface area contributed by atoms with E-state index in [1.165, 1.54) is 13.3 Å². The summed E-state index contributed by atoms with van der Waals surface area (Å²) >= 11 is 0. The van der Waals surface area contributed by atoms with Gasteiger partial charge in [0.05, 0.1) is 12.7 Å². The van der Waals surface area contributed by atoms with Gasteiger partial charge in [0.1, 0.15) is 5.82 Å². The lowest BCUT2D eigenvalue weighted by atomic mass is 9.71. The lowest BCUT2D eigenvalue weighted by Crippen LogP contribution is -2.42. The average molecular weight is 293 g/mol.